The van der Waals surface area contributed by atoms with Gasteiger partial charge in [0, 0.05) is 35.5 Å². The number of nitrogens with one attached hydrogen (secondary N) is 1. The van der Waals surface area contributed by atoms with Crippen molar-refractivity contribution in [3.8, 4) is 22.8 Å². The van der Waals surface area contributed by atoms with Gasteiger partial charge in [-0.2, -0.15) is 0 Å². The minimum absolute atomic E-state index is 0.223. The second-order valence-electron chi connectivity index (χ2n) is 6.42. The Balaban J connectivity index is 1.47. The van der Waals surface area contributed by atoms with Crippen molar-refractivity contribution in [2.24, 2.45) is 0 Å². The molecule has 0 saturated carbocycles. The number of methoxy groups -OCH3 is 1. The predicted octanol–water partition coefficient (Wildman–Crippen LogP) is 3.02. The molecule has 1 aliphatic heterocycles. The van der Waals surface area contributed by atoms with Gasteiger partial charge in [-0.05, 0) is 30.3 Å². The zero-order valence-corrected chi connectivity index (χ0v) is 15.2. The zero-order chi connectivity index (χ0) is 19.5. The molecule has 1 amide bonds. The number of benzene rings is 2. The van der Waals surface area contributed by atoms with Crippen molar-refractivity contribution in [3.63, 3.8) is 0 Å². The number of halogens is 1. The lowest BCUT2D eigenvalue weighted by molar-refractivity contribution is 0.0933. The minimum atomic E-state index is -0.357. The molecule has 0 fully saturated rings. The van der Waals surface area contributed by atoms with Gasteiger partial charge in [-0.1, -0.05) is 6.07 Å². The van der Waals surface area contributed by atoms with Gasteiger partial charge in [0.15, 0.2) is 0 Å². The molecule has 0 aliphatic carbocycles. The first-order valence-electron chi connectivity index (χ1n) is 8.82. The van der Waals surface area contributed by atoms with E-state index in [1.807, 2.05) is 0 Å². The second-order valence-corrected chi connectivity index (χ2v) is 6.42. The molecule has 4 rings (SSSR count). The number of amides is 1. The Labute approximate surface area is 161 Å². The third kappa shape index (κ3) is 3.64. The van der Waals surface area contributed by atoms with Gasteiger partial charge in [-0.15, -0.1) is 0 Å². The maximum atomic E-state index is 14.1. The van der Waals surface area contributed by atoms with Crippen LogP contribution < -0.4 is 14.8 Å². The number of nitrogens with zero attached hydrogens (tertiary/aromatic N) is 2. The topological polar surface area (TPSA) is 73.3 Å². The van der Waals surface area contributed by atoms with Crippen LogP contribution in [0, 0.1) is 5.82 Å². The van der Waals surface area contributed by atoms with Crippen LogP contribution in [0.1, 0.15) is 15.9 Å². The fraction of sp³-hybridized carbons (Fsp3) is 0.190. The predicted molar refractivity (Wildman–Crippen MR) is 101 cm³/mol. The van der Waals surface area contributed by atoms with E-state index in [1.165, 1.54) is 12.1 Å². The minimum Gasteiger partial charge on any atom is -0.497 e. The Morgan fingerprint density at radius 3 is 3.00 bits per heavy atom. The van der Waals surface area contributed by atoms with E-state index >= 15 is 0 Å². The molecule has 3 aromatic rings. The van der Waals surface area contributed by atoms with Crippen molar-refractivity contribution in [1.82, 2.24) is 15.3 Å². The number of aromatic nitrogens is 2. The van der Waals surface area contributed by atoms with E-state index in [-0.39, 0.29) is 17.8 Å². The quantitative estimate of drug-likeness (QED) is 0.738. The van der Waals surface area contributed by atoms with Crippen molar-refractivity contribution in [3.05, 3.63) is 71.9 Å². The Morgan fingerprint density at radius 1 is 1.32 bits per heavy atom. The average molecular weight is 379 g/mol. The fourth-order valence-corrected chi connectivity index (χ4v) is 3.21. The third-order valence-corrected chi connectivity index (χ3v) is 4.52. The van der Waals surface area contributed by atoms with E-state index in [1.54, 1.807) is 50.0 Å². The van der Waals surface area contributed by atoms with E-state index in [9.17, 15) is 9.18 Å². The summed E-state index contributed by atoms with van der Waals surface area (Å²) < 4.78 is 25.2. The molecule has 0 spiro atoms. The normalized spacial score (nSPS) is 14.9. The first-order valence-corrected chi connectivity index (χ1v) is 8.82. The molecule has 2 aromatic carbocycles. The molecule has 1 aromatic heterocycles. The van der Waals surface area contributed by atoms with Crippen molar-refractivity contribution in [2.45, 2.75) is 12.5 Å². The molecule has 1 unspecified atom stereocenters. The highest BCUT2D eigenvalue weighted by Gasteiger charge is 2.28. The molecule has 1 aliphatic rings. The molecule has 7 heteroatoms. The number of ether oxygens (including phenoxy) is 2. The SMILES string of the molecule is COc1cccc(C(=O)NCC2Cc3cc(F)cc(-c4cnccn4)c3O2)c1. The maximum Gasteiger partial charge on any atom is 0.251 e. The van der Waals surface area contributed by atoms with E-state index in [2.05, 4.69) is 15.3 Å². The van der Waals surface area contributed by atoms with Gasteiger partial charge in [0.25, 0.3) is 5.91 Å². The molecular formula is C21H18FN3O3. The molecule has 0 radical (unpaired) electrons. The molecule has 2 heterocycles. The molecular weight excluding hydrogens is 361 g/mol. The standard InChI is InChI=1S/C21H18FN3O3/c1-27-16-4-2-3-13(8-16)21(26)25-11-17-9-14-7-15(22)10-18(20(14)28-17)19-12-23-5-6-24-19/h2-8,10,12,17H,9,11H2,1H3,(H,25,26). The Kier molecular flexibility index (Phi) is 4.89. The summed E-state index contributed by atoms with van der Waals surface area (Å²) in [7, 11) is 1.55. The first-order chi connectivity index (χ1) is 13.6. The highest BCUT2D eigenvalue weighted by molar-refractivity contribution is 5.94. The van der Waals surface area contributed by atoms with Crippen LogP contribution in [0.2, 0.25) is 0 Å². The van der Waals surface area contributed by atoms with E-state index in [4.69, 9.17) is 9.47 Å². The summed E-state index contributed by atoms with van der Waals surface area (Å²) >= 11 is 0. The summed E-state index contributed by atoms with van der Waals surface area (Å²) in [6.07, 6.45) is 4.88. The molecule has 1 N–H and O–H groups in total. The van der Waals surface area contributed by atoms with E-state index in [0.717, 1.165) is 5.56 Å². The van der Waals surface area contributed by atoms with Crippen LogP contribution in [0.5, 0.6) is 11.5 Å². The number of fused-ring (bicyclic) bond motifs is 1. The average Bonchev–Trinajstić information content (AvgIpc) is 3.14. The summed E-state index contributed by atoms with van der Waals surface area (Å²) in [5.41, 5.74) is 2.35. The summed E-state index contributed by atoms with van der Waals surface area (Å²) in [6.45, 7) is 0.298. The zero-order valence-electron chi connectivity index (χ0n) is 15.2. The molecule has 6 nitrogen and oxygen atoms in total. The van der Waals surface area contributed by atoms with Crippen LogP contribution in [0.15, 0.2) is 55.0 Å². The molecule has 28 heavy (non-hydrogen) atoms. The van der Waals surface area contributed by atoms with Crippen molar-refractivity contribution >= 4 is 5.91 Å². The summed E-state index contributed by atoms with van der Waals surface area (Å²) in [5.74, 6) is 0.617. The van der Waals surface area contributed by atoms with E-state index < -0.39 is 0 Å². The summed E-state index contributed by atoms with van der Waals surface area (Å²) in [6, 6.07) is 9.76. The largest absolute Gasteiger partial charge is 0.497 e. The number of hydrogen-bond donors (Lipinski definition) is 1. The third-order valence-electron chi connectivity index (χ3n) is 4.52. The monoisotopic (exact) mass is 379 g/mol. The fourth-order valence-electron chi connectivity index (χ4n) is 3.21. The number of hydrogen-bond acceptors (Lipinski definition) is 5. The van der Waals surface area contributed by atoms with Gasteiger partial charge >= 0.3 is 0 Å². The summed E-state index contributed by atoms with van der Waals surface area (Å²) in [5, 5.41) is 2.86. The van der Waals surface area contributed by atoms with E-state index in [0.29, 0.717) is 41.3 Å². The lowest BCUT2D eigenvalue weighted by Gasteiger charge is -2.13. The van der Waals surface area contributed by atoms with Crippen molar-refractivity contribution in [2.75, 3.05) is 13.7 Å². The Bertz CT molecular complexity index is 1010. The van der Waals surface area contributed by atoms with Crippen LogP contribution in [-0.4, -0.2) is 35.6 Å². The molecule has 1 atom stereocenters. The summed E-state index contributed by atoms with van der Waals surface area (Å²) in [4.78, 5) is 20.7. The first kappa shape index (κ1) is 17.9. The van der Waals surface area contributed by atoms with Gasteiger partial charge in [0.2, 0.25) is 0 Å². The van der Waals surface area contributed by atoms with Gasteiger partial charge < -0.3 is 14.8 Å². The lowest BCUT2D eigenvalue weighted by Crippen LogP contribution is -2.34. The van der Waals surface area contributed by atoms with Gasteiger partial charge in [0.1, 0.15) is 23.4 Å². The molecule has 0 saturated heterocycles. The molecule has 0 bridgehead atoms. The van der Waals surface area contributed by atoms with Crippen molar-refractivity contribution < 1.29 is 18.7 Å². The lowest BCUT2D eigenvalue weighted by atomic mass is 10.0. The van der Waals surface area contributed by atoms with Gasteiger partial charge in [-0.3, -0.25) is 14.8 Å². The second kappa shape index (κ2) is 7.64. The van der Waals surface area contributed by atoms with Gasteiger partial charge in [-0.25, -0.2) is 4.39 Å². The molecule has 142 valence electrons. The van der Waals surface area contributed by atoms with Crippen LogP contribution in [-0.2, 0) is 6.42 Å². The van der Waals surface area contributed by atoms with Crippen molar-refractivity contribution in [1.29, 1.82) is 0 Å². The van der Waals surface area contributed by atoms with Crippen LogP contribution >= 0.6 is 0 Å². The Hall–Kier alpha value is -3.48. The van der Waals surface area contributed by atoms with Crippen LogP contribution in [0.25, 0.3) is 11.3 Å². The maximum absolute atomic E-state index is 14.1. The van der Waals surface area contributed by atoms with Crippen LogP contribution in [0.3, 0.4) is 0 Å². The van der Waals surface area contributed by atoms with Crippen LogP contribution in [0.4, 0.5) is 4.39 Å². The highest BCUT2D eigenvalue weighted by atomic mass is 19.1. The number of carbonyl (C=O) groups excluding carboxylic acids is 1. The smallest absolute Gasteiger partial charge is 0.251 e. The van der Waals surface area contributed by atoms with Gasteiger partial charge in [0.05, 0.1) is 25.5 Å². The highest BCUT2D eigenvalue weighted by Crippen LogP contribution is 2.38. The number of rotatable bonds is 5. The number of carbonyl (C=O) groups is 1. The Morgan fingerprint density at radius 2 is 2.21 bits per heavy atom.